The molecule has 1 aliphatic heterocycles. The first kappa shape index (κ1) is 18.2. The van der Waals surface area contributed by atoms with E-state index in [1.165, 1.54) is 5.56 Å². The minimum Gasteiger partial charge on any atom is -0.325 e. The quantitative estimate of drug-likeness (QED) is 0.804. The van der Waals surface area contributed by atoms with Crippen LogP contribution in [0.25, 0.3) is 0 Å². The van der Waals surface area contributed by atoms with E-state index in [1.807, 2.05) is 48.5 Å². The fourth-order valence-corrected chi connectivity index (χ4v) is 4.12. The summed E-state index contributed by atoms with van der Waals surface area (Å²) in [5.74, 6) is -0.741. The molecule has 1 saturated heterocycles. The van der Waals surface area contributed by atoms with E-state index in [9.17, 15) is 14.4 Å². The van der Waals surface area contributed by atoms with E-state index in [0.717, 1.165) is 35.3 Å². The summed E-state index contributed by atoms with van der Waals surface area (Å²) in [5.41, 5.74) is 2.69. The van der Waals surface area contributed by atoms with E-state index in [4.69, 9.17) is 0 Å². The minimum atomic E-state index is -1.05. The molecule has 2 aliphatic rings. The van der Waals surface area contributed by atoms with Crippen molar-refractivity contribution in [3.63, 3.8) is 0 Å². The van der Waals surface area contributed by atoms with Gasteiger partial charge in [-0.2, -0.15) is 0 Å². The fraction of sp³-hybridized carbons (Fsp3) is 0.318. The summed E-state index contributed by atoms with van der Waals surface area (Å²) < 4.78 is 0. The van der Waals surface area contributed by atoms with Crippen molar-refractivity contribution in [2.45, 2.75) is 38.1 Å². The SMILES string of the molecule is CCc1ccc(NC(=O)CN2C(=O)N[C@@]3(CCCc4ccccc43)C2=O)cc1. The molecule has 1 fully saturated rings. The van der Waals surface area contributed by atoms with Crippen LogP contribution in [0.4, 0.5) is 10.5 Å². The largest absolute Gasteiger partial charge is 0.325 e. The predicted octanol–water partition coefficient (Wildman–Crippen LogP) is 2.97. The Kier molecular flexibility index (Phi) is 4.63. The highest BCUT2D eigenvalue weighted by Gasteiger charge is 2.54. The highest BCUT2D eigenvalue weighted by atomic mass is 16.2. The van der Waals surface area contributed by atoms with E-state index in [-0.39, 0.29) is 12.5 Å². The number of nitrogens with one attached hydrogen (secondary N) is 2. The van der Waals surface area contributed by atoms with Crippen molar-refractivity contribution in [3.05, 3.63) is 65.2 Å². The lowest BCUT2D eigenvalue weighted by Gasteiger charge is -2.33. The molecule has 0 unspecified atom stereocenters. The maximum atomic E-state index is 13.2. The molecule has 6 nitrogen and oxygen atoms in total. The highest BCUT2D eigenvalue weighted by molar-refractivity contribution is 6.10. The van der Waals surface area contributed by atoms with E-state index in [1.54, 1.807) is 0 Å². The summed E-state index contributed by atoms with van der Waals surface area (Å²) in [6.07, 6.45) is 3.16. The number of nitrogens with zero attached hydrogens (tertiary/aromatic N) is 1. The standard InChI is InChI=1S/C22H23N3O3/c1-2-15-9-11-17(12-10-15)23-19(26)14-25-20(27)22(24-21(25)28)13-5-7-16-6-3-4-8-18(16)22/h3-4,6,8-12H,2,5,7,13-14H2,1H3,(H,23,26)(H,24,28)/t22-/m1/s1. The molecular weight excluding hydrogens is 354 g/mol. The first-order valence-corrected chi connectivity index (χ1v) is 9.65. The molecule has 1 heterocycles. The van der Waals surface area contributed by atoms with Gasteiger partial charge in [0.2, 0.25) is 5.91 Å². The van der Waals surface area contributed by atoms with Crippen molar-refractivity contribution in [2.24, 2.45) is 0 Å². The molecule has 0 radical (unpaired) electrons. The number of anilines is 1. The number of imide groups is 1. The molecule has 0 saturated carbocycles. The van der Waals surface area contributed by atoms with Crippen LogP contribution in [0.2, 0.25) is 0 Å². The van der Waals surface area contributed by atoms with Gasteiger partial charge in [0.25, 0.3) is 5.91 Å². The average molecular weight is 377 g/mol. The maximum Gasteiger partial charge on any atom is 0.325 e. The molecule has 1 atom stereocenters. The van der Waals surface area contributed by atoms with Gasteiger partial charge in [-0.3, -0.25) is 14.5 Å². The Balaban J connectivity index is 1.51. The van der Waals surface area contributed by atoms with Gasteiger partial charge in [0.05, 0.1) is 0 Å². The first-order valence-electron chi connectivity index (χ1n) is 9.65. The van der Waals surface area contributed by atoms with Crippen LogP contribution in [0.5, 0.6) is 0 Å². The van der Waals surface area contributed by atoms with Crippen LogP contribution < -0.4 is 10.6 Å². The van der Waals surface area contributed by atoms with Crippen molar-refractivity contribution in [1.82, 2.24) is 10.2 Å². The summed E-state index contributed by atoms with van der Waals surface area (Å²) in [6, 6.07) is 14.7. The molecule has 28 heavy (non-hydrogen) atoms. The lowest BCUT2D eigenvalue weighted by molar-refractivity contribution is -0.134. The molecule has 144 valence electrons. The number of amides is 4. The molecule has 0 bridgehead atoms. The van der Waals surface area contributed by atoms with E-state index in [2.05, 4.69) is 17.6 Å². The van der Waals surface area contributed by atoms with Crippen LogP contribution in [0.15, 0.2) is 48.5 Å². The molecule has 1 aliphatic carbocycles. The summed E-state index contributed by atoms with van der Waals surface area (Å²) in [5, 5.41) is 5.63. The van der Waals surface area contributed by atoms with Crippen LogP contribution in [-0.2, 0) is 28.0 Å². The Morgan fingerprint density at radius 2 is 1.89 bits per heavy atom. The number of benzene rings is 2. The lowest BCUT2D eigenvalue weighted by Crippen LogP contribution is -2.47. The highest BCUT2D eigenvalue weighted by Crippen LogP contribution is 2.39. The van der Waals surface area contributed by atoms with E-state index >= 15 is 0 Å². The van der Waals surface area contributed by atoms with Crippen LogP contribution in [0.3, 0.4) is 0 Å². The molecule has 1 spiro atoms. The third-order valence-corrected chi connectivity index (χ3v) is 5.60. The second-order valence-electron chi connectivity index (χ2n) is 7.34. The van der Waals surface area contributed by atoms with Crippen molar-refractivity contribution in [2.75, 3.05) is 11.9 Å². The number of carbonyl (C=O) groups excluding carboxylic acids is 3. The predicted molar refractivity (Wildman–Crippen MR) is 106 cm³/mol. The summed E-state index contributed by atoms with van der Waals surface area (Å²) in [6.45, 7) is 1.76. The van der Waals surface area contributed by atoms with E-state index in [0.29, 0.717) is 12.1 Å². The van der Waals surface area contributed by atoms with Gasteiger partial charge in [-0.25, -0.2) is 4.79 Å². The first-order chi connectivity index (χ1) is 13.5. The number of urea groups is 1. The minimum absolute atomic E-state index is 0.301. The van der Waals surface area contributed by atoms with Crippen LogP contribution >= 0.6 is 0 Å². The molecule has 2 aromatic carbocycles. The number of aryl methyl sites for hydroxylation is 2. The number of hydrogen-bond acceptors (Lipinski definition) is 3. The topological polar surface area (TPSA) is 78.5 Å². The zero-order valence-electron chi connectivity index (χ0n) is 15.8. The second kappa shape index (κ2) is 7.11. The Morgan fingerprint density at radius 1 is 1.14 bits per heavy atom. The maximum absolute atomic E-state index is 13.2. The van der Waals surface area contributed by atoms with Crippen molar-refractivity contribution < 1.29 is 14.4 Å². The van der Waals surface area contributed by atoms with Crippen molar-refractivity contribution in [1.29, 1.82) is 0 Å². The number of hydrogen-bond donors (Lipinski definition) is 2. The lowest BCUT2D eigenvalue weighted by atomic mass is 9.76. The molecule has 6 heteroatoms. The average Bonchev–Trinajstić information content (AvgIpc) is 2.94. The van der Waals surface area contributed by atoms with Gasteiger partial charge in [-0.1, -0.05) is 43.3 Å². The van der Waals surface area contributed by atoms with Gasteiger partial charge in [0.1, 0.15) is 12.1 Å². The smallest absolute Gasteiger partial charge is 0.325 e. The van der Waals surface area contributed by atoms with E-state index < -0.39 is 17.5 Å². The monoisotopic (exact) mass is 377 g/mol. The molecule has 2 aromatic rings. The van der Waals surface area contributed by atoms with Crippen molar-refractivity contribution in [3.8, 4) is 0 Å². The van der Waals surface area contributed by atoms with Crippen LogP contribution in [0.1, 0.15) is 36.5 Å². The molecule has 4 amide bonds. The summed E-state index contributed by atoms with van der Waals surface area (Å²) in [7, 11) is 0. The summed E-state index contributed by atoms with van der Waals surface area (Å²) >= 11 is 0. The normalized spacial score (nSPS) is 20.8. The van der Waals surface area contributed by atoms with Crippen molar-refractivity contribution >= 4 is 23.5 Å². The summed E-state index contributed by atoms with van der Waals surface area (Å²) in [4.78, 5) is 39.2. The number of carbonyl (C=O) groups is 3. The number of fused-ring (bicyclic) bond motifs is 2. The third-order valence-electron chi connectivity index (χ3n) is 5.60. The molecule has 4 rings (SSSR count). The van der Waals surface area contributed by atoms with Gasteiger partial charge >= 0.3 is 6.03 Å². The van der Waals surface area contributed by atoms with Gasteiger partial charge in [-0.05, 0) is 54.5 Å². The fourth-order valence-electron chi connectivity index (χ4n) is 4.12. The Morgan fingerprint density at radius 3 is 2.64 bits per heavy atom. The van der Waals surface area contributed by atoms with Gasteiger partial charge in [0, 0.05) is 5.69 Å². The van der Waals surface area contributed by atoms with Gasteiger partial charge < -0.3 is 10.6 Å². The zero-order chi connectivity index (χ0) is 19.7. The van der Waals surface area contributed by atoms with Gasteiger partial charge in [-0.15, -0.1) is 0 Å². The Labute approximate surface area is 163 Å². The number of rotatable bonds is 4. The Bertz CT molecular complexity index is 938. The third kappa shape index (κ3) is 3.05. The van der Waals surface area contributed by atoms with Crippen LogP contribution in [0, 0.1) is 0 Å². The zero-order valence-corrected chi connectivity index (χ0v) is 15.8. The second-order valence-corrected chi connectivity index (χ2v) is 7.34. The van der Waals surface area contributed by atoms with Gasteiger partial charge in [0.15, 0.2) is 0 Å². The molecule has 0 aromatic heterocycles. The van der Waals surface area contributed by atoms with Crippen LogP contribution in [-0.4, -0.2) is 29.3 Å². The molecule has 2 N–H and O–H groups in total. The Hall–Kier alpha value is -3.15. The molecular formula is C22H23N3O3.